The summed E-state index contributed by atoms with van der Waals surface area (Å²) >= 11 is 5.76. The number of rotatable bonds is 7. The minimum absolute atomic E-state index is 0.123. The minimum atomic E-state index is -0.534. The van der Waals surface area contributed by atoms with Gasteiger partial charge in [0.15, 0.2) is 0 Å². The Balaban J connectivity index is 3.04. The Morgan fingerprint density at radius 3 is 2.67 bits per heavy atom. The molecule has 0 saturated heterocycles. The molecule has 1 aromatic rings. The lowest BCUT2D eigenvalue weighted by atomic mass is 9.95. The van der Waals surface area contributed by atoms with E-state index < -0.39 is 10.5 Å². The zero-order valence-corrected chi connectivity index (χ0v) is 13.1. The smallest absolute Gasteiger partial charge is 0.273 e. The molecule has 6 nitrogen and oxygen atoms in total. The van der Waals surface area contributed by atoms with E-state index in [0.717, 1.165) is 6.42 Å². The van der Waals surface area contributed by atoms with Crippen LogP contribution in [0.1, 0.15) is 37.0 Å². The number of nitrogens with one attached hydrogen (secondary N) is 1. The average Bonchev–Trinajstić information content (AvgIpc) is 2.46. The van der Waals surface area contributed by atoms with Crippen LogP contribution in [0.2, 0.25) is 0 Å². The van der Waals surface area contributed by atoms with E-state index in [-0.39, 0.29) is 22.9 Å². The first kappa shape index (κ1) is 17.2. The van der Waals surface area contributed by atoms with E-state index in [1.165, 1.54) is 25.3 Å². The van der Waals surface area contributed by atoms with E-state index >= 15 is 0 Å². The van der Waals surface area contributed by atoms with Gasteiger partial charge in [-0.15, -0.1) is 11.6 Å². The van der Waals surface area contributed by atoms with Gasteiger partial charge in [0, 0.05) is 17.5 Å². The number of nitro benzene ring substituents is 1. The molecule has 1 atom stereocenters. The fourth-order valence-electron chi connectivity index (χ4n) is 1.86. The van der Waals surface area contributed by atoms with Crippen LogP contribution in [-0.4, -0.2) is 29.4 Å². The SMILES string of the molecule is CCC(C)(CCCl)NC(=O)c1ccc([N+](=O)[O-])cc1OC. The highest BCUT2D eigenvalue weighted by Gasteiger charge is 2.26. The number of ether oxygens (including phenoxy) is 1. The average molecular weight is 315 g/mol. The van der Waals surface area contributed by atoms with Crippen molar-refractivity contribution in [3.05, 3.63) is 33.9 Å². The van der Waals surface area contributed by atoms with Crippen molar-refractivity contribution in [2.75, 3.05) is 13.0 Å². The molecule has 7 heteroatoms. The van der Waals surface area contributed by atoms with E-state index in [2.05, 4.69) is 5.32 Å². The number of benzene rings is 1. The molecule has 116 valence electrons. The van der Waals surface area contributed by atoms with E-state index in [0.29, 0.717) is 12.3 Å². The van der Waals surface area contributed by atoms with Crippen LogP contribution in [0, 0.1) is 10.1 Å². The fourth-order valence-corrected chi connectivity index (χ4v) is 2.28. The minimum Gasteiger partial charge on any atom is -0.496 e. The van der Waals surface area contributed by atoms with Crippen LogP contribution in [0.3, 0.4) is 0 Å². The predicted molar refractivity (Wildman–Crippen MR) is 81.1 cm³/mol. The summed E-state index contributed by atoms with van der Waals surface area (Å²) in [6.07, 6.45) is 1.35. The highest BCUT2D eigenvalue weighted by atomic mass is 35.5. The molecule has 0 aliphatic carbocycles. The zero-order chi connectivity index (χ0) is 16.0. The van der Waals surface area contributed by atoms with Crippen molar-refractivity contribution in [1.29, 1.82) is 0 Å². The molecule has 0 aliphatic heterocycles. The van der Waals surface area contributed by atoms with Crippen LogP contribution in [0.4, 0.5) is 5.69 Å². The quantitative estimate of drug-likeness (QED) is 0.476. The van der Waals surface area contributed by atoms with Crippen LogP contribution >= 0.6 is 11.6 Å². The van der Waals surface area contributed by atoms with Crippen molar-refractivity contribution in [2.45, 2.75) is 32.2 Å². The summed E-state index contributed by atoms with van der Waals surface area (Å²) in [7, 11) is 1.37. The van der Waals surface area contributed by atoms with Gasteiger partial charge in [-0.05, 0) is 25.8 Å². The maximum absolute atomic E-state index is 12.4. The molecule has 1 aromatic carbocycles. The molecule has 1 rings (SSSR count). The Morgan fingerprint density at radius 2 is 2.19 bits per heavy atom. The molecule has 1 amide bonds. The Labute approximate surface area is 128 Å². The number of halogens is 1. The number of nitro groups is 1. The van der Waals surface area contributed by atoms with Crippen molar-refractivity contribution >= 4 is 23.2 Å². The number of nitrogens with zero attached hydrogens (tertiary/aromatic N) is 1. The van der Waals surface area contributed by atoms with Gasteiger partial charge in [0.2, 0.25) is 0 Å². The molecular formula is C14H19ClN2O4. The second kappa shape index (κ2) is 7.26. The number of methoxy groups -OCH3 is 1. The monoisotopic (exact) mass is 314 g/mol. The van der Waals surface area contributed by atoms with Gasteiger partial charge in [-0.2, -0.15) is 0 Å². The standard InChI is InChI=1S/C14H19ClN2O4/c1-4-14(2,7-8-15)16-13(18)11-6-5-10(17(19)20)9-12(11)21-3/h5-6,9H,4,7-8H2,1-3H3,(H,16,18). The second-order valence-corrected chi connectivity index (χ2v) is 5.33. The largest absolute Gasteiger partial charge is 0.496 e. The van der Waals surface area contributed by atoms with Crippen LogP contribution in [0.15, 0.2) is 18.2 Å². The van der Waals surface area contributed by atoms with Gasteiger partial charge < -0.3 is 10.1 Å². The first-order chi connectivity index (χ1) is 9.86. The molecule has 1 N–H and O–H groups in total. The molecule has 0 bridgehead atoms. The molecule has 0 aromatic heterocycles. The number of carbonyl (C=O) groups excluding carboxylic acids is 1. The predicted octanol–water partition coefficient (Wildman–Crippen LogP) is 3.13. The maximum Gasteiger partial charge on any atom is 0.273 e. The first-order valence-corrected chi connectivity index (χ1v) is 7.11. The van der Waals surface area contributed by atoms with Gasteiger partial charge >= 0.3 is 0 Å². The summed E-state index contributed by atoms with van der Waals surface area (Å²) < 4.78 is 5.07. The third kappa shape index (κ3) is 4.32. The third-order valence-electron chi connectivity index (χ3n) is 3.48. The van der Waals surface area contributed by atoms with E-state index in [9.17, 15) is 14.9 Å². The van der Waals surface area contributed by atoms with Crippen LogP contribution in [0.25, 0.3) is 0 Å². The number of carbonyl (C=O) groups is 1. The Hall–Kier alpha value is -1.82. The summed E-state index contributed by atoms with van der Waals surface area (Å²) in [5, 5.41) is 13.7. The molecule has 0 spiro atoms. The molecule has 21 heavy (non-hydrogen) atoms. The van der Waals surface area contributed by atoms with Gasteiger partial charge in [-0.25, -0.2) is 0 Å². The van der Waals surface area contributed by atoms with Crippen LogP contribution in [0.5, 0.6) is 5.75 Å². The Morgan fingerprint density at radius 1 is 1.52 bits per heavy atom. The Bertz CT molecular complexity index is 536. The normalized spacial score (nSPS) is 13.3. The molecule has 0 fully saturated rings. The highest BCUT2D eigenvalue weighted by Crippen LogP contribution is 2.25. The number of hydrogen-bond acceptors (Lipinski definition) is 4. The second-order valence-electron chi connectivity index (χ2n) is 4.95. The van der Waals surface area contributed by atoms with Crippen molar-refractivity contribution in [3.63, 3.8) is 0 Å². The number of amides is 1. The fraction of sp³-hybridized carbons (Fsp3) is 0.500. The number of hydrogen-bond donors (Lipinski definition) is 1. The lowest BCUT2D eigenvalue weighted by Crippen LogP contribution is -2.45. The van der Waals surface area contributed by atoms with Crippen molar-refractivity contribution < 1.29 is 14.5 Å². The number of non-ortho nitro benzene ring substituents is 1. The highest BCUT2D eigenvalue weighted by molar-refractivity contribution is 6.17. The Kier molecular flexibility index (Phi) is 5.96. The lowest BCUT2D eigenvalue weighted by Gasteiger charge is -2.29. The summed E-state index contributed by atoms with van der Waals surface area (Å²) in [6, 6.07) is 3.91. The molecule has 0 aliphatic rings. The van der Waals surface area contributed by atoms with E-state index in [1.54, 1.807) is 0 Å². The summed E-state index contributed by atoms with van der Waals surface area (Å²) in [4.78, 5) is 22.6. The van der Waals surface area contributed by atoms with Gasteiger partial charge in [0.1, 0.15) is 5.75 Å². The molecule has 0 heterocycles. The summed E-state index contributed by atoms with van der Waals surface area (Å²) in [5.74, 6) is 0.268. The van der Waals surface area contributed by atoms with Crippen molar-refractivity contribution in [3.8, 4) is 5.75 Å². The summed E-state index contributed by atoms with van der Waals surface area (Å²) in [6.45, 7) is 3.87. The van der Waals surface area contributed by atoms with Gasteiger partial charge in [-0.1, -0.05) is 6.92 Å². The van der Waals surface area contributed by atoms with Gasteiger partial charge in [0.25, 0.3) is 11.6 Å². The lowest BCUT2D eigenvalue weighted by molar-refractivity contribution is -0.384. The molecule has 0 radical (unpaired) electrons. The van der Waals surface area contributed by atoms with Crippen molar-refractivity contribution in [1.82, 2.24) is 5.32 Å². The molecule has 0 saturated carbocycles. The van der Waals surface area contributed by atoms with Gasteiger partial charge in [0.05, 0.1) is 23.7 Å². The summed E-state index contributed by atoms with van der Waals surface area (Å²) in [5.41, 5.74) is -0.286. The van der Waals surface area contributed by atoms with E-state index in [1.807, 2.05) is 13.8 Å². The van der Waals surface area contributed by atoms with E-state index in [4.69, 9.17) is 16.3 Å². The topological polar surface area (TPSA) is 81.5 Å². The molecular weight excluding hydrogens is 296 g/mol. The zero-order valence-electron chi connectivity index (χ0n) is 12.3. The van der Waals surface area contributed by atoms with Gasteiger partial charge in [-0.3, -0.25) is 14.9 Å². The van der Waals surface area contributed by atoms with Crippen LogP contribution < -0.4 is 10.1 Å². The maximum atomic E-state index is 12.4. The first-order valence-electron chi connectivity index (χ1n) is 6.57. The molecule has 1 unspecified atom stereocenters. The third-order valence-corrected chi connectivity index (χ3v) is 3.67. The van der Waals surface area contributed by atoms with Crippen molar-refractivity contribution in [2.24, 2.45) is 0 Å². The van der Waals surface area contributed by atoms with Crippen LogP contribution in [-0.2, 0) is 0 Å². The number of alkyl halides is 1.